The van der Waals surface area contributed by atoms with E-state index >= 15 is 0 Å². The fraction of sp³-hybridized carbons (Fsp3) is 0.600. The third-order valence-corrected chi connectivity index (χ3v) is 1.76. The van der Waals surface area contributed by atoms with Gasteiger partial charge in [0, 0.05) is 6.42 Å². The van der Waals surface area contributed by atoms with Crippen molar-refractivity contribution >= 4 is 16.5 Å². The Hall–Kier alpha value is -0.350. The van der Waals surface area contributed by atoms with Crippen molar-refractivity contribution in [1.29, 1.82) is 0 Å². The van der Waals surface area contributed by atoms with Crippen molar-refractivity contribution in [2.45, 2.75) is 19.8 Å². The predicted molar refractivity (Wildman–Crippen MR) is 38.3 cm³/mol. The maximum absolute atomic E-state index is 5.35. The number of hydrogen-bond acceptors (Lipinski definition) is 4. The quantitative estimate of drug-likeness (QED) is 0.575. The maximum Gasteiger partial charge on any atom is 0.203 e. The van der Waals surface area contributed by atoms with Crippen LogP contribution in [0.3, 0.4) is 0 Å². The largest absolute Gasteiger partial charge is 1.00 e. The Morgan fingerprint density at radius 3 is 2.60 bits per heavy atom. The molecular weight excluding hydrogens is 170 g/mol. The summed E-state index contributed by atoms with van der Waals surface area (Å²) in [5.41, 5.74) is 5.35. The van der Waals surface area contributed by atoms with E-state index in [4.69, 9.17) is 5.73 Å². The lowest BCUT2D eigenvalue weighted by molar-refractivity contribution is -0.00000203. The summed E-state index contributed by atoms with van der Waals surface area (Å²) in [6, 6.07) is 0. The number of hydrogen-bond donors (Lipinski definition) is 1. The summed E-state index contributed by atoms with van der Waals surface area (Å²) >= 11 is 1.47. The van der Waals surface area contributed by atoms with E-state index in [9.17, 15) is 0 Å². The third-order valence-electron chi connectivity index (χ3n) is 0.946. The van der Waals surface area contributed by atoms with Crippen LogP contribution in [-0.2, 0) is 6.42 Å². The second-order valence-electron chi connectivity index (χ2n) is 1.78. The number of aryl methyl sites for hydroxylation is 1. The molecule has 58 valence electrons. The third kappa shape index (κ3) is 2.49. The lowest BCUT2D eigenvalue weighted by atomic mass is 10.4. The van der Waals surface area contributed by atoms with Gasteiger partial charge in [-0.05, 0) is 6.42 Å². The smallest absolute Gasteiger partial charge is 0.203 e. The van der Waals surface area contributed by atoms with Crippen molar-refractivity contribution in [2.75, 3.05) is 5.73 Å². The van der Waals surface area contributed by atoms with Gasteiger partial charge in [-0.25, -0.2) is 0 Å². The minimum absolute atomic E-state index is 0. The van der Waals surface area contributed by atoms with Crippen molar-refractivity contribution in [1.82, 2.24) is 10.2 Å². The van der Waals surface area contributed by atoms with Crippen LogP contribution in [-0.4, -0.2) is 10.2 Å². The molecule has 2 N–H and O–H groups in total. The molecule has 0 spiro atoms. The van der Waals surface area contributed by atoms with E-state index in [0.717, 1.165) is 17.8 Å². The minimum atomic E-state index is 0. The summed E-state index contributed by atoms with van der Waals surface area (Å²) in [7, 11) is 0. The Morgan fingerprint density at radius 1 is 1.50 bits per heavy atom. The fourth-order valence-electron chi connectivity index (χ4n) is 0.581. The van der Waals surface area contributed by atoms with Crippen LogP contribution in [0.2, 0.25) is 0 Å². The number of rotatable bonds is 2. The van der Waals surface area contributed by atoms with E-state index in [2.05, 4.69) is 17.1 Å². The summed E-state index contributed by atoms with van der Waals surface area (Å²) in [6.45, 7) is 2.11. The molecule has 0 amide bonds. The average Bonchev–Trinajstić information content (AvgIpc) is 2.17. The number of anilines is 1. The molecule has 0 atom stereocenters. The van der Waals surface area contributed by atoms with E-state index in [0.29, 0.717) is 5.13 Å². The van der Waals surface area contributed by atoms with Gasteiger partial charge in [0.25, 0.3) is 0 Å². The van der Waals surface area contributed by atoms with Crippen LogP contribution in [0.5, 0.6) is 0 Å². The highest BCUT2D eigenvalue weighted by Gasteiger charge is 1.96. The molecular formula is C5H9ClN3S-. The molecule has 0 radical (unpaired) electrons. The lowest BCUT2D eigenvalue weighted by Crippen LogP contribution is -3.00. The van der Waals surface area contributed by atoms with Crippen LogP contribution in [0.15, 0.2) is 0 Å². The monoisotopic (exact) mass is 178 g/mol. The summed E-state index contributed by atoms with van der Waals surface area (Å²) in [6.07, 6.45) is 2.10. The number of aromatic nitrogens is 2. The second-order valence-corrected chi connectivity index (χ2v) is 2.88. The van der Waals surface area contributed by atoms with Gasteiger partial charge in [0.1, 0.15) is 5.01 Å². The second kappa shape index (κ2) is 4.46. The van der Waals surface area contributed by atoms with Crippen molar-refractivity contribution in [3.63, 3.8) is 0 Å². The van der Waals surface area contributed by atoms with Crippen molar-refractivity contribution in [3.05, 3.63) is 5.01 Å². The molecule has 0 saturated heterocycles. The van der Waals surface area contributed by atoms with E-state index in [1.54, 1.807) is 0 Å². The van der Waals surface area contributed by atoms with Gasteiger partial charge in [-0.15, -0.1) is 10.2 Å². The van der Waals surface area contributed by atoms with E-state index in [1.807, 2.05) is 0 Å². The predicted octanol–water partition coefficient (Wildman–Crippen LogP) is -1.92. The van der Waals surface area contributed by atoms with Crippen LogP contribution in [0.25, 0.3) is 0 Å². The molecule has 10 heavy (non-hydrogen) atoms. The Bertz CT molecular complexity index is 189. The zero-order valence-electron chi connectivity index (χ0n) is 5.67. The van der Waals surface area contributed by atoms with Crippen molar-refractivity contribution < 1.29 is 12.4 Å². The highest BCUT2D eigenvalue weighted by Crippen LogP contribution is 2.11. The summed E-state index contributed by atoms with van der Waals surface area (Å²) in [5.74, 6) is 0. The zero-order chi connectivity index (χ0) is 6.69. The van der Waals surface area contributed by atoms with E-state index in [1.165, 1.54) is 11.3 Å². The molecule has 0 unspecified atom stereocenters. The van der Waals surface area contributed by atoms with Gasteiger partial charge < -0.3 is 18.1 Å². The Kier molecular flexibility index (Phi) is 4.31. The first-order valence-corrected chi connectivity index (χ1v) is 3.72. The standard InChI is InChI=1S/C5H9N3S.ClH/c1-2-3-4-7-8-5(6)9-4;/h2-3H2,1H3,(H2,6,8);1H/p-1. The molecule has 5 heteroatoms. The molecule has 0 aliphatic rings. The molecule has 3 nitrogen and oxygen atoms in total. The van der Waals surface area contributed by atoms with Gasteiger partial charge in [-0.1, -0.05) is 18.3 Å². The van der Waals surface area contributed by atoms with Crippen LogP contribution in [0.4, 0.5) is 5.13 Å². The Morgan fingerprint density at radius 2 is 2.20 bits per heavy atom. The molecule has 0 aliphatic carbocycles. The van der Waals surface area contributed by atoms with Gasteiger partial charge in [0.2, 0.25) is 5.13 Å². The van der Waals surface area contributed by atoms with Gasteiger partial charge >= 0.3 is 0 Å². The van der Waals surface area contributed by atoms with Crippen molar-refractivity contribution in [3.8, 4) is 0 Å². The molecule has 0 aromatic carbocycles. The fourth-order valence-corrected chi connectivity index (χ4v) is 1.29. The Balaban J connectivity index is 0.000000810. The molecule has 1 aromatic rings. The minimum Gasteiger partial charge on any atom is -1.00 e. The molecule has 0 saturated carbocycles. The number of nitrogens with two attached hydrogens (primary N) is 1. The first-order valence-electron chi connectivity index (χ1n) is 2.90. The summed E-state index contributed by atoms with van der Waals surface area (Å²) in [5, 5.41) is 9.14. The summed E-state index contributed by atoms with van der Waals surface area (Å²) < 4.78 is 0. The SMILES string of the molecule is CCCc1nnc(N)s1.[Cl-]. The summed E-state index contributed by atoms with van der Waals surface area (Å²) in [4.78, 5) is 0. The first-order chi connectivity index (χ1) is 4.33. The zero-order valence-corrected chi connectivity index (χ0v) is 7.24. The number of halogens is 1. The molecule has 1 heterocycles. The number of nitrogens with zero attached hydrogens (tertiary/aromatic N) is 2. The average molecular weight is 179 g/mol. The molecule has 0 bridgehead atoms. The lowest BCUT2D eigenvalue weighted by Gasteiger charge is -1.82. The van der Waals surface area contributed by atoms with Crippen LogP contribution in [0.1, 0.15) is 18.4 Å². The van der Waals surface area contributed by atoms with Crippen LogP contribution < -0.4 is 18.1 Å². The molecule has 0 fully saturated rings. The normalized spacial score (nSPS) is 8.90. The highest BCUT2D eigenvalue weighted by atomic mass is 35.5. The van der Waals surface area contributed by atoms with Gasteiger partial charge in [-0.3, -0.25) is 0 Å². The van der Waals surface area contributed by atoms with Gasteiger partial charge in [0.15, 0.2) is 0 Å². The number of nitrogen functional groups attached to an aromatic ring is 1. The van der Waals surface area contributed by atoms with E-state index in [-0.39, 0.29) is 12.4 Å². The maximum atomic E-state index is 5.35. The van der Waals surface area contributed by atoms with Crippen LogP contribution in [0, 0.1) is 0 Å². The van der Waals surface area contributed by atoms with Crippen LogP contribution >= 0.6 is 11.3 Å². The van der Waals surface area contributed by atoms with E-state index < -0.39 is 0 Å². The first kappa shape index (κ1) is 9.65. The molecule has 0 aliphatic heterocycles. The topological polar surface area (TPSA) is 51.8 Å². The Labute approximate surface area is 70.1 Å². The molecule has 1 rings (SSSR count). The van der Waals surface area contributed by atoms with Crippen molar-refractivity contribution in [2.24, 2.45) is 0 Å². The highest BCUT2D eigenvalue weighted by molar-refractivity contribution is 7.15. The van der Waals surface area contributed by atoms with Gasteiger partial charge in [-0.2, -0.15) is 0 Å². The van der Waals surface area contributed by atoms with Gasteiger partial charge in [0.05, 0.1) is 0 Å². The molecule has 1 aromatic heterocycles.